The number of nitrogens with zero attached hydrogens (tertiary/aromatic N) is 1. The Morgan fingerprint density at radius 2 is 2.28 bits per heavy atom. The second kappa shape index (κ2) is 5.87. The van der Waals surface area contributed by atoms with Crippen molar-refractivity contribution in [3.63, 3.8) is 0 Å². The van der Waals surface area contributed by atoms with Crippen molar-refractivity contribution in [2.24, 2.45) is 5.41 Å². The molecule has 102 valence electrons. The average Bonchev–Trinajstić information content (AvgIpc) is 2.77. The molecular weight excluding hydrogens is 224 g/mol. The van der Waals surface area contributed by atoms with E-state index in [1.807, 2.05) is 0 Å². The first-order valence-electron chi connectivity index (χ1n) is 7.28. The van der Waals surface area contributed by atoms with E-state index in [2.05, 4.69) is 31.1 Å². The number of rotatable bonds is 5. The predicted molar refractivity (Wildman–Crippen MR) is 73.5 cm³/mol. The van der Waals surface area contributed by atoms with Crippen LogP contribution < -0.4 is 5.32 Å². The highest BCUT2D eigenvalue weighted by molar-refractivity contribution is 5.16. The van der Waals surface area contributed by atoms with Crippen LogP contribution in [0.25, 0.3) is 0 Å². The van der Waals surface area contributed by atoms with E-state index in [4.69, 9.17) is 4.42 Å². The predicted octanol–water partition coefficient (Wildman–Crippen LogP) is 3.86. The summed E-state index contributed by atoms with van der Waals surface area (Å²) in [4.78, 5) is 4.40. The Labute approximate surface area is 110 Å². The van der Waals surface area contributed by atoms with Gasteiger partial charge in [0.15, 0.2) is 6.39 Å². The number of nitrogens with one attached hydrogen (secondary N) is 1. The molecule has 1 unspecified atom stereocenters. The van der Waals surface area contributed by atoms with Crippen LogP contribution in [0.5, 0.6) is 0 Å². The maximum atomic E-state index is 5.72. The highest BCUT2D eigenvalue weighted by Crippen LogP contribution is 2.47. The molecule has 0 aromatic carbocycles. The van der Waals surface area contributed by atoms with E-state index in [9.17, 15) is 0 Å². The molecule has 1 aromatic heterocycles. The van der Waals surface area contributed by atoms with Crippen LogP contribution in [0.4, 0.5) is 0 Å². The average molecular weight is 250 g/mol. The molecule has 1 aliphatic rings. The summed E-state index contributed by atoms with van der Waals surface area (Å²) >= 11 is 0. The minimum Gasteiger partial charge on any atom is -0.448 e. The van der Waals surface area contributed by atoms with Gasteiger partial charge < -0.3 is 9.73 Å². The SMILES string of the molecule is CCCNCc1ncoc1C1CCCCC1(C)C. The lowest BCUT2D eigenvalue weighted by Gasteiger charge is -2.37. The van der Waals surface area contributed by atoms with Gasteiger partial charge >= 0.3 is 0 Å². The number of hydrogen-bond acceptors (Lipinski definition) is 3. The maximum absolute atomic E-state index is 5.72. The van der Waals surface area contributed by atoms with E-state index in [0.29, 0.717) is 11.3 Å². The molecule has 1 aliphatic carbocycles. The van der Waals surface area contributed by atoms with Gasteiger partial charge in [-0.05, 0) is 31.2 Å². The highest BCUT2D eigenvalue weighted by Gasteiger charge is 2.36. The van der Waals surface area contributed by atoms with Crippen LogP contribution in [0, 0.1) is 5.41 Å². The van der Waals surface area contributed by atoms with Gasteiger partial charge in [-0.1, -0.05) is 33.6 Å². The van der Waals surface area contributed by atoms with Crippen molar-refractivity contribution >= 4 is 0 Å². The van der Waals surface area contributed by atoms with Gasteiger partial charge in [-0.2, -0.15) is 0 Å². The fraction of sp³-hybridized carbons (Fsp3) is 0.800. The number of aromatic nitrogens is 1. The Bertz CT molecular complexity index is 370. The highest BCUT2D eigenvalue weighted by atomic mass is 16.3. The molecule has 1 N–H and O–H groups in total. The third-order valence-corrected chi connectivity index (χ3v) is 4.22. The van der Waals surface area contributed by atoms with Crippen LogP contribution in [-0.2, 0) is 6.54 Å². The smallest absolute Gasteiger partial charge is 0.181 e. The van der Waals surface area contributed by atoms with Crippen LogP contribution in [0.1, 0.15) is 70.2 Å². The third-order valence-electron chi connectivity index (χ3n) is 4.22. The van der Waals surface area contributed by atoms with Crippen molar-refractivity contribution in [3.8, 4) is 0 Å². The fourth-order valence-corrected chi connectivity index (χ4v) is 3.06. The van der Waals surface area contributed by atoms with Crippen molar-refractivity contribution in [1.29, 1.82) is 0 Å². The Hall–Kier alpha value is -0.830. The minimum atomic E-state index is 0.345. The molecule has 1 aromatic rings. The minimum absolute atomic E-state index is 0.345. The fourth-order valence-electron chi connectivity index (χ4n) is 3.06. The third kappa shape index (κ3) is 2.94. The lowest BCUT2D eigenvalue weighted by atomic mass is 9.67. The van der Waals surface area contributed by atoms with E-state index in [1.54, 1.807) is 6.39 Å². The van der Waals surface area contributed by atoms with Gasteiger partial charge in [0.2, 0.25) is 0 Å². The van der Waals surface area contributed by atoms with Gasteiger partial charge in [-0.3, -0.25) is 0 Å². The Morgan fingerprint density at radius 1 is 1.44 bits per heavy atom. The summed E-state index contributed by atoms with van der Waals surface area (Å²) in [6.07, 6.45) is 7.96. The summed E-state index contributed by atoms with van der Waals surface area (Å²) in [7, 11) is 0. The standard InChI is InChI=1S/C15H26N2O/c1-4-9-16-10-13-14(18-11-17-13)12-7-5-6-8-15(12,2)3/h11-12,16H,4-10H2,1-3H3. The van der Waals surface area contributed by atoms with Crippen molar-refractivity contribution in [1.82, 2.24) is 10.3 Å². The van der Waals surface area contributed by atoms with Crippen LogP contribution in [-0.4, -0.2) is 11.5 Å². The zero-order valence-corrected chi connectivity index (χ0v) is 12.0. The van der Waals surface area contributed by atoms with Gasteiger partial charge in [-0.15, -0.1) is 0 Å². The van der Waals surface area contributed by atoms with Gasteiger partial charge in [0.25, 0.3) is 0 Å². The molecule has 1 fully saturated rings. The largest absolute Gasteiger partial charge is 0.448 e. The summed E-state index contributed by atoms with van der Waals surface area (Å²) < 4.78 is 5.72. The van der Waals surface area contributed by atoms with Crippen molar-refractivity contribution in [2.75, 3.05) is 6.54 Å². The normalized spacial score (nSPS) is 23.2. The van der Waals surface area contributed by atoms with E-state index in [-0.39, 0.29) is 0 Å². The molecule has 18 heavy (non-hydrogen) atoms. The second-order valence-electron chi connectivity index (χ2n) is 6.13. The molecule has 0 saturated heterocycles. The molecule has 2 rings (SSSR count). The molecule has 1 atom stereocenters. The Kier molecular flexibility index (Phi) is 4.44. The lowest BCUT2D eigenvalue weighted by molar-refractivity contribution is 0.176. The summed E-state index contributed by atoms with van der Waals surface area (Å²) in [6.45, 7) is 8.79. The number of oxazole rings is 1. The van der Waals surface area contributed by atoms with Crippen molar-refractivity contribution in [2.45, 2.75) is 65.3 Å². The lowest BCUT2D eigenvalue weighted by Crippen LogP contribution is -2.27. The van der Waals surface area contributed by atoms with Gasteiger partial charge in [-0.25, -0.2) is 4.98 Å². The van der Waals surface area contributed by atoms with Crippen molar-refractivity contribution < 1.29 is 4.42 Å². The van der Waals surface area contributed by atoms with Crippen molar-refractivity contribution in [3.05, 3.63) is 17.8 Å². The monoisotopic (exact) mass is 250 g/mol. The zero-order chi connectivity index (χ0) is 13.0. The molecule has 0 spiro atoms. The van der Waals surface area contributed by atoms with E-state index in [1.165, 1.54) is 25.7 Å². The summed E-state index contributed by atoms with van der Waals surface area (Å²) in [5, 5.41) is 3.42. The first-order valence-corrected chi connectivity index (χ1v) is 7.28. The van der Waals surface area contributed by atoms with Crippen LogP contribution in [0.3, 0.4) is 0 Å². The molecule has 1 heterocycles. The topological polar surface area (TPSA) is 38.1 Å². The zero-order valence-electron chi connectivity index (χ0n) is 12.0. The van der Waals surface area contributed by atoms with Crippen LogP contribution in [0.15, 0.2) is 10.8 Å². The maximum Gasteiger partial charge on any atom is 0.181 e. The van der Waals surface area contributed by atoms with E-state index < -0.39 is 0 Å². The molecule has 0 amide bonds. The first-order chi connectivity index (χ1) is 8.65. The van der Waals surface area contributed by atoms with Gasteiger partial charge in [0.1, 0.15) is 5.76 Å². The quantitative estimate of drug-likeness (QED) is 0.806. The van der Waals surface area contributed by atoms with Crippen LogP contribution in [0.2, 0.25) is 0 Å². The Balaban J connectivity index is 2.09. The number of hydrogen-bond donors (Lipinski definition) is 1. The van der Waals surface area contributed by atoms with E-state index >= 15 is 0 Å². The van der Waals surface area contributed by atoms with Crippen LogP contribution >= 0.6 is 0 Å². The molecule has 3 nitrogen and oxygen atoms in total. The van der Waals surface area contributed by atoms with Gasteiger partial charge in [0, 0.05) is 12.5 Å². The van der Waals surface area contributed by atoms with E-state index in [0.717, 1.165) is 31.0 Å². The second-order valence-corrected chi connectivity index (χ2v) is 6.13. The summed E-state index contributed by atoms with van der Waals surface area (Å²) in [5.74, 6) is 1.66. The molecule has 3 heteroatoms. The molecular formula is C15H26N2O. The first kappa shape index (κ1) is 13.6. The molecule has 0 bridgehead atoms. The summed E-state index contributed by atoms with van der Waals surface area (Å²) in [6, 6.07) is 0. The Morgan fingerprint density at radius 3 is 3.00 bits per heavy atom. The van der Waals surface area contributed by atoms with Gasteiger partial charge in [0.05, 0.1) is 5.69 Å². The molecule has 0 aliphatic heterocycles. The summed E-state index contributed by atoms with van der Waals surface area (Å²) in [5.41, 5.74) is 1.46. The molecule has 0 radical (unpaired) electrons. The molecule has 1 saturated carbocycles.